The Morgan fingerprint density at radius 3 is 1.00 bits per heavy atom. The number of aromatic nitrogens is 5. The Kier molecular flexibility index (Phi) is 9.88. The van der Waals surface area contributed by atoms with Crippen LogP contribution in [0, 0.1) is 0 Å². The van der Waals surface area contributed by atoms with E-state index < -0.39 is 0 Å². The zero-order valence-corrected chi connectivity index (χ0v) is 32.6. The lowest BCUT2D eigenvalue weighted by Gasteiger charge is -2.18. The van der Waals surface area contributed by atoms with E-state index in [1.54, 1.807) is 0 Å². The van der Waals surface area contributed by atoms with Crippen molar-refractivity contribution in [2.45, 2.75) is 0 Å². The molecule has 0 atom stereocenters. The number of hydrogen-bond donors (Lipinski definition) is 0. The summed E-state index contributed by atoms with van der Waals surface area (Å²) in [6.07, 6.45) is 0. The molecule has 0 aliphatic heterocycles. The Morgan fingerprint density at radius 1 is 0.183 bits per heavy atom. The maximum absolute atomic E-state index is 5.20. The van der Waals surface area contributed by atoms with E-state index in [9.17, 15) is 0 Å². The highest BCUT2D eigenvalue weighted by Crippen LogP contribution is 2.42. The number of nitrogens with zero attached hydrogens (tertiary/aromatic N) is 5. The second-order valence-corrected chi connectivity index (χ2v) is 14.5. The van der Waals surface area contributed by atoms with Crippen LogP contribution in [0.1, 0.15) is 0 Å². The summed E-state index contributed by atoms with van der Waals surface area (Å²) in [7, 11) is 0. The summed E-state index contributed by atoms with van der Waals surface area (Å²) in [5.41, 5.74) is 14.0. The van der Waals surface area contributed by atoms with Crippen LogP contribution < -0.4 is 0 Å². The molecule has 10 rings (SSSR count). The highest BCUT2D eigenvalue weighted by molar-refractivity contribution is 5.95. The summed E-state index contributed by atoms with van der Waals surface area (Å²) in [5, 5.41) is 0. The first-order valence-electron chi connectivity index (χ1n) is 20.0. The van der Waals surface area contributed by atoms with Crippen molar-refractivity contribution < 1.29 is 0 Å². The Morgan fingerprint density at radius 2 is 0.517 bits per heavy atom. The van der Waals surface area contributed by atoms with Crippen LogP contribution in [0.2, 0.25) is 0 Å². The Hall–Kier alpha value is -8.15. The minimum absolute atomic E-state index is 0.603. The van der Waals surface area contributed by atoms with Crippen molar-refractivity contribution in [1.82, 2.24) is 24.9 Å². The van der Waals surface area contributed by atoms with Gasteiger partial charge in [0.25, 0.3) is 0 Å². The molecule has 10 aromatic rings. The molecule has 0 fully saturated rings. The van der Waals surface area contributed by atoms with E-state index in [4.69, 9.17) is 24.9 Å². The van der Waals surface area contributed by atoms with E-state index in [1.165, 1.54) is 0 Å². The van der Waals surface area contributed by atoms with Crippen molar-refractivity contribution in [3.8, 4) is 101 Å². The number of rotatable bonds is 9. The van der Waals surface area contributed by atoms with Gasteiger partial charge in [-0.25, -0.2) is 24.9 Å². The summed E-state index contributed by atoms with van der Waals surface area (Å²) in [4.78, 5) is 25.4. The van der Waals surface area contributed by atoms with Crippen LogP contribution in [-0.4, -0.2) is 24.9 Å². The van der Waals surface area contributed by atoms with E-state index in [0.29, 0.717) is 23.3 Å². The predicted octanol–water partition coefficient (Wildman–Crippen LogP) is 13.7. The second-order valence-electron chi connectivity index (χ2n) is 14.5. The summed E-state index contributed by atoms with van der Waals surface area (Å²) in [6, 6.07) is 77.1. The molecule has 8 aromatic carbocycles. The standard InChI is InChI=1S/C55H37N5/c1-7-19-38(20-8-1)46-33-31-44(51-37-50(40-23-11-3-12-24-40)56-52(57-51)41-25-13-4-14-26-41)35-49(46)47-34-32-45(36-48(47)39-21-9-2-10-22-39)55-59-53(42-27-15-5-16-28-42)58-54(60-55)43-29-17-6-18-30-43/h1-37H. The summed E-state index contributed by atoms with van der Waals surface area (Å²) in [6.45, 7) is 0. The van der Waals surface area contributed by atoms with Gasteiger partial charge in [-0.2, -0.15) is 0 Å². The molecule has 0 radical (unpaired) electrons. The van der Waals surface area contributed by atoms with Gasteiger partial charge in [-0.05, 0) is 51.6 Å². The molecule has 0 saturated carbocycles. The van der Waals surface area contributed by atoms with Gasteiger partial charge in [-0.15, -0.1) is 0 Å². The van der Waals surface area contributed by atoms with Crippen LogP contribution in [0.25, 0.3) is 101 Å². The third kappa shape index (κ3) is 7.51. The second kappa shape index (κ2) is 16.4. The number of hydrogen-bond acceptors (Lipinski definition) is 5. The summed E-state index contributed by atoms with van der Waals surface area (Å²) in [5.74, 6) is 2.53. The average molecular weight is 768 g/mol. The summed E-state index contributed by atoms with van der Waals surface area (Å²) < 4.78 is 0. The lowest BCUT2D eigenvalue weighted by molar-refractivity contribution is 1.07. The van der Waals surface area contributed by atoms with E-state index in [2.05, 4.69) is 127 Å². The fourth-order valence-corrected chi connectivity index (χ4v) is 7.58. The molecule has 5 heteroatoms. The molecule has 0 bridgehead atoms. The lowest BCUT2D eigenvalue weighted by Crippen LogP contribution is -2.00. The third-order valence-electron chi connectivity index (χ3n) is 10.6. The minimum Gasteiger partial charge on any atom is -0.228 e. The number of benzene rings is 8. The first-order valence-corrected chi connectivity index (χ1v) is 20.0. The Labute approximate surface area is 349 Å². The van der Waals surface area contributed by atoms with Crippen LogP contribution in [-0.2, 0) is 0 Å². The van der Waals surface area contributed by atoms with Gasteiger partial charge in [-0.1, -0.05) is 206 Å². The highest BCUT2D eigenvalue weighted by atomic mass is 15.0. The quantitative estimate of drug-likeness (QED) is 0.146. The molecule has 60 heavy (non-hydrogen) atoms. The maximum Gasteiger partial charge on any atom is 0.164 e. The van der Waals surface area contributed by atoms with Gasteiger partial charge in [0.05, 0.1) is 11.4 Å². The minimum atomic E-state index is 0.603. The topological polar surface area (TPSA) is 64.5 Å². The molecule has 2 aromatic heterocycles. The fraction of sp³-hybridized carbons (Fsp3) is 0. The van der Waals surface area contributed by atoms with Gasteiger partial charge < -0.3 is 0 Å². The van der Waals surface area contributed by atoms with Gasteiger partial charge in [0.15, 0.2) is 23.3 Å². The Balaban J connectivity index is 1.18. The fourth-order valence-electron chi connectivity index (χ4n) is 7.58. The van der Waals surface area contributed by atoms with Gasteiger partial charge in [-0.3, -0.25) is 0 Å². The zero-order chi connectivity index (χ0) is 40.1. The van der Waals surface area contributed by atoms with Gasteiger partial charge >= 0.3 is 0 Å². The van der Waals surface area contributed by atoms with Gasteiger partial charge in [0, 0.05) is 33.4 Å². The molecule has 2 heterocycles. The average Bonchev–Trinajstić information content (AvgIpc) is 3.35. The van der Waals surface area contributed by atoms with Crippen molar-refractivity contribution in [2.24, 2.45) is 0 Å². The molecule has 282 valence electrons. The van der Waals surface area contributed by atoms with Crippen LogP contribution in [0.4, 0.5) is 0 Å². The van der Waals surface area contributed by atoms with E-state index in [0.717, 1.165) is 78.1 Å². The van der Waals surface area contributed by atoms with E-state index >= 15 is 0 Å². The van der Waals surface area contributed by atoms with E-state index in [-0.39, 0.29) is 0 Å². The normalized spacial score (nSPS) is 11.0. The molecule has 0 amide bonds. The molecule has 0 spiro atoms. The van der Waals surface area contributed by atoms with Crippen LogP contribution in [0.5, 0.6) is 0 Å². The molecule has 0 unspecified atom stereocenters. The molecule has 5 nitrogen and oxygen atoms in total. The van der Waals surface area contributed by atoms with E-state index in [1.807, 2.05) is 97.1 Å². The summed E-state index contributed by atoms with van der Waals surface area (Å²) >= 11 is 0. The largest absolute Gasteiger partial charge is 0.228 e. The van der Waals surface area contributed by atoms with Crippen LogP contribution >= 0.6 is 0 Å². The Bertz CT molecular complexity index is 2930. The molecule has 0 N–H and O–H groups in total. The first-order chi connectivity index (χ1) is 29.7. The van der Waals surface area contributed by atoms with Crippen molar-refractivity contribution in [1.29, 1.82) is 0 Å². The zero-order valence-electron chi connectivity index (χ0n) is 32.6. The van der Waals surface area contributed by atoms with Crippen molar-refractivity contribution >= 4 is 0 Å². The van der Waals surface area contributed by atoms with Crippen molar-refractivity contribution in [2.75, 3.05) is 0 Å². The molecule has 0 saturated heterocycles. The molecular formula is C55H37N5. The molecule has 0 aliphatic carbocycles. The van der Waals surface area contributed by atoms with Crippen LogP contribution in [0.15, 0.2) is 224 Å². The van der Waals surface area contributed by atoms with Crippen molar-refractivity contribution in [3.05, 3.63) is 224 Å². The van der Waals surface area contributed by atoms with Gasteiger partial charge in [0.1, 0.15) is 0 Å². The molecular weight excluding hydrogens is 731 g/mol. The SMILES string of the molecule is c1ccc(-c2cc(-c3ccc(-c4ccccc4)c(-c4ccc(-c5nc(-c6ccccc6)nc(-c6ccccc6)n5)cc4-c4ccccc4)c3)nc(-c3ccccc3)n2)cc1. The monoisotopic (exact) mass is 767 g/mol. The third-order valence-corrected chi connectivity index (χ3v) is 10.6. The van der Waals surface area contributed by atoms with Crippen LogP contribution in [0.3, 0.4) is 0 Å². The highest BCUT2D eigenvalue weighted by Gasteiger charge is 2.19. The smallest absolute Gasteiger partial charge is 0.164 e. The lowest BCUT2D eigenvalue weighted by atomic mass is 9.87. The first kappa shape index (κ1) is 36.2. The molecule has 0 aliphatic rings. The van der Waals surface area contributed by atoms with Gasteiger partial charge in [0.2, 0.25) is 0 Å². The maximum atomic E-state index is 5.20. The van der Waals surface area contributed by atoms with Crippen molar-refractivity contribution in [3.63, 3.8) is 0 Å². The predicted molar refractivity (Wildman–Crippen MR) is 244 cm³/mol.